The van der Waals surface area contributed by atoms with Crippen LogP contribution in [0.5, 0.6) is 0 Å². The Balaban J connectivity index is 2.02. The molecule has 18 heavy (non-hydrogen) atoms. The number of alkyl halides is 1. The Hall–Kier alpha value is -0.670. The first-order valence-electron chi connectivity index (χ1n) is 5.80. The molecular formula is C15H13Br2F. The molecule has 0 saturated carbocycles. The Labute approximate surface area is 123 Å². The lowest BCUT2D eigenvalue weighted by atomic mass is 10.0. The van der Waals surface area contributed by atoms with Crippen LogP contribution >= 0.6 is 31.9 Å². The normalized spacial score (nSPS) is 12.4. The summed E-state index contributed by atoms with van der Waals surface area (Å²) in [5.74, 6) is -0.148. The van der Waals surface area contributed by atoms with Crippen molar-refractivity contribution in [2.24, 2.45) is 0 Å². The van der Waals surface area contributed by atoms with E-state index in [1.165, 1.54) is 5.56 Å². The third kappa shape index (κ3) is 3.42. The zero-order valence-electron chi connectivity index (χ0n) is 9.74. The van der Waals surface area contributed by atoms with E-state index in [0.29, 0.717) is 4.47 Å². The summed E-state index contributed by atoms with van der Waals surface area (Å²) in [4.78, 5) is 0.261. The number of rotatable bonds is 4. The molecule has 0 saturated heterocycles. The van der Waals surface area contributed by atoms with Gasteiger partial charge in [-0.3, -0.25) is 0 Å². The molecule has 0 aliphatic rings. The summed E-state index contributed by atoms with van der Waals surface area (Å²) in [5, 5.41) is 0. The van der Waals surface area contributed by atoms with Crippen LogP contribution in [0.2, 0.25) is 0 Å². The van der Waals surface area contributed by atoms with Gasteiger partial charge in [0.05, 0.1) is 4.47 Å². The van der Waals surface area contributed by atoms with Gasteiger partial charge >= 0.3 is 0 Å². The largest absolute Gasteiger partial charge is 0.205 e. The highest BCUT2D eigenvalue weighted by Crippen LogP contribution is 2.29. The number of aryl methyl sites for hydroxylation is 1. The lowest BCUT2D eigenvalue weighted by Crippen LogP contribution is -1.96. The van der Waals surface area contributed by atoms with Crippen molar-refractivity contribution in [2.75, 3.05) is 0 Å². The zero-order valence-corrected chi connectivity index (χ0v) is 12.9. The molecular weight excluding hydrogens is 359 g/mol. The predicted octanol–water partition coefficient (Wildman–Crippen LogP) is 5.66. The molecule has 0 nitrogen and oxygen atoms in total. The Morgan fingerprint density at radius 3 is 2.44 bits per heavy atom. The van der Waals surface area contributed by atoms with E-state index < -0.39 is 0 Å². The third-order valence-electron chi connectivity index (χ3n) is 2.86. The van der Waals surface area contributed by atoms with Gasteiger partial charge in [0.15, 0.2) is 0 Å². The highest BCUT2D eigenvalue weighted by Gasteiger charge is 2.10. The van der Waals surface area contributed by atoms with Crippen molar-refractivity contribution in [1.82, 2.24) is 0 Å². The van der Waals surface area contributed by atoms with Crippen LogP contribution in [0, 0.1) is 5.82 Å². The second-order valence-corrected chi connectivity index (χ2v) is 6.09. The first-order valence-corrected chi connectivity index (χ1v) is 7.51. The molecule has 2 aromatic rings. The monoisotopic (exact) mass is 370 g/mol. The molecule has 1 unspecified atom stereocenters. The maximum Gasteiger partial charge on any atom is 0.140 e. The topological polar surface area (TPSA) is 0 Å². The van der Waals surface area contributed by atoms with Crippen molar-refractivity contribution in [1.29, 1.82) is 0 Å². The fourth-order valence-electron chi connectivity index (χ4n) is 1.85. The van der Waals surface area contributed by atoms with E-state index in [-0.39, 0.29) is 10.6 Å². The molecule has 0 aliphatic carbocycles. The minimum atomic E-state index is -0.148. The third-order valence-corrected chi connectivity index (χ3v) is 4.46. The lowest BCUT2D eigenvalue weighted by Gasteiger charge is -2.10. The van der Waals surface area contributed by atoms with E-state index in [2.05, 4.69) is 44.0 Å². The number of benzene rings is 2. The van der Waals surface area contributed by atoms with Gasteiger partial charge in [0.2, 0.25) is 0 Å². The fraction of sp³-hybridized carbons (Fsp3) is 0.200. The summed E-state index contributed by atoms with van der Waals surface area (Å²) in [6.45, 7) is 0. The van der Waals surface area contributed by atoms with E-state index in [1.807, 2.05) is 30.3 Å². The average Bonchev–Trinajstić information content (AvgIpc) is 2.41. The van der Waals surface area contributed by atoms with Crippen molar-refractivity contribution < 1.29 is 4.39 Å². The molecule has 0 bridgehead atoms. The molecule has 0 radical (unpaired) electrons. The molecule has 0 aromatic heterocycles. The number of hydrogen-bond acceptors (Lipinski definition) is 0. The van der Waals surface area contributed by atoms with Gasteiger partial charge in [0.1, 0.15) is 5.82 Å². The minimum Gasteiger partial charge on any atom is -0.205 e. The zero-order chi connectivity index (χ0) is 13.0. The Morgan fingerprint density at radius 2 is 1.72 bits per heavy atom. The van der Waals surface area contributed by atoms with Gasteiger partial charge in [-0.2, -0.15) is 0 Å². The molecule has 2 rings (SSSR count). The summed E-state index contributed by atoms with van der Waals surface area (Å²) >= 11 is 6.86. The van der Waals surface area contributed by atoms with Gasteiger partial charge in [0.25, 0.3) is 0 Å². The average molecular weight is 372 g/mol. The van der Waals surface area contributed by atoms with Crippen molar-refractivity contribution >= 4 is 31.9 Å². The van der Waals surface area contributed by atoms with Gasteiger partial charge in [-0.05, 0) is 46.0 Å². The summed E-state index contributed by atoms with van der Waals surface area (Å²) in [5.41, 5.74) is 1.98. The maximum atomic E-state index is 13.8. The van der Waals surface area contributed by atoms with Crippen molar-refractivity contribution in [3.63, 3.8) is 0 Å². The Morgan fingerprint density at radius 1 is 1.00 bits per heavy atom. The smallest absolute Gasteiger partial charge is 0.140 e. The molecule has 0 N–H and O–H groups in total. The first-order chi connectivity index (χ1) is 8.68. The number of halogens is 3. The van der Waals surface area contributed by atoms with Gasteiger partial charge in [-0.1, -0.05) is 58.4 Å². The molecule has 0 amide bonds. The van der Waals surface area contributed by atoms with Gasteiger partial charge in [0, 0.05) is 4.83 Å². The van der Waals surface area contributed by atoms with Crippen LogP contribution in [0.3, 0.4) is 0 Å². The van der Waals surface area contributed by atoms with Gasteiger partial charge in [-0.25, -0.2) is 4.39 Å². The van der Waals surface area contributed by atoms with Crippen LogP contribution in [-0.4, -0.2) is 0 Å². The quantitative estimate of drug-likeness (QED) is 0.608. The second-order valence-electron chi connectivity index (χ2n) is 4.13. The van der Waals surface area contributed by atoms with Crippen LogP contribution in [0.15, 0.2) is 53.0 Å². The SMILES string of the molecule is Fc1c(Br)cccc1CCC(Br)c1ccccc1. The van der Waals surface area contributed by atoms with Crippen LogP contribution in [-0.2, 0) is 6.42 Å². The van der Waals surface area contributed by atoms with E-state index in [1.54, 1.807) is 6.07 Å². The molecule has 2 aromatic carbocycles. The molecule has 0 fully saturated rings. The first kappa shape index (κ1) is 13.8. The maximum absolute atomic E-state index is 13.8. The van der Waals surface area contributed by atoms with Crippen molar-refractivity contribution in [3.05, 3.63) is 69.9 Å². The fourth-order valence-corrected chi connectivity index (χ4v) is 2.79. The Kier molecular flexibility index (Phi) is 4.95. The molecule has 0 heterocycles. The van der Waals surface area contributed by atoms with Crippen molar-refractivity contribution in [2.45, 2.75) is 17.7 Å². The van der Waals surface area contributed by atoms with Crippen LogP contribution in [0.4, 0.5) is 4.39 Å². The summed E-state index contributed by atoms with van der Waals surface area (Å²) in [7, 11) is 0. The lowest BCUT2D eigenvalue weighted by molar-refractivity contribution is 0.597. The van der Waals surface area contributed by atoms with Crippen LogP contribution in [0.25, 0.3) is 0 Å². The van der Waals surface area contributed by atoms with E-state index in [9.17, 15) is 4.39 Å². The molecule has 3 heteroatoms. The van der Waals surface area contributed by atoms with Gasteiger partial charge in [-0.15, -0.1) is 0 Å². The van der Waals surface area contributed by atoms with E-state index in [0.717, 1.165) is 18.4 Å². The van der Waals surface area contributed by atoms with Crippen molar-refractivity contribution in [3.8, 4) is 0 Å². The summed E-state index contributed by atoms with van der Waals surface area (Å²) < 4.78 is 14.3. The second kappa shape index (κ2) is 6.48. The predicted molar refractivity (Wildman–Crippen MR) is 80.5 cm³/mol. The summed E-state index contributed by atoms with van der Waals surface area (Å²) in [6.07, 6.45) is 1.59. The summed E-state index contributed by atoms with van der Waals surface area (Å²) in [6, 6.07) is 15.6. The Bertz CT molecular complexity index is 511. The van der Waals surface area contributed by atoms with E-state index >= 15 is 0 Å². The molecule has 1 atom stereocenters. The standard InChI is InChI=1S/C15H13Br2F/c16-13(11-5-2-1-3-6-11)10-9-12-7-4-8-14(17)15(12)18/h1-8,13H,9-10H2. The van der Waals surface area contributed by atoms with Gasteiger partial charge < -0.3 is 0 Å². The van der Waals surface area contributed by atoms with Crippen LogP contribution in [0.1, 0.15) is 22.4 Å². The highest BCUT2D eigenvalue weighted by molar-refractivity contribution is 9.10. The van der Waals surface area contributed by atoms with E-state index in [4.69, 9.17) is 0 Å². The van der Waals surface area contributed by atoms with Crippen LogP contribution < -0.4 is 0 Å². The number of hydrogen-bond donors (Lipinski definition) is 0. The molecule has 0 spiro atoms. The highest BCUT2D eigenvalue weighted by atomic mass is 79.9. The molecule has 0 aliphatic heterocycles. The minimum absolute atomic E-state index is 0.148. The molecule has 94 valence electrons.